The largest absolute Gasteiger partial charge is 0.461 e. The molecule has 0 amide bonds. The average molecular weight is 241 g/mol. The number of ether oxygens (including phenoxy) is 2. The Labute approximate surface area is 99.3 Å². The van der Waals surface area contributed by atoms with Gasteiger partial charge in [-0.15, -0.1) is 0 Å². The van der Waals surface area contributed by atoms with E-state index in [4.69, 9.17) is 9.47 Å². The van der Waals surface area contributed by atoms with Gasteiger partial charge in [0.1, 0.15) is 6.61 Å². The maximum Gasteiger partial charge on any atom is 0.342 e. The number of rotatable bonds is 8. The Kier molecular flexibility index (Phi) is 6.70. The van der Waals surface area contributed by atoms with E-state index >= 15 is 0 Å². The first-order valence-electron chi connectivity index (χ1n) is 5.03. The molecule has 94 valence electrons. The van der Waals surface area contributed by atoms with Crippen molar-refractivity contribution in [1.82, 2.24) is 0 Å². The summed E-state index contributed by atoms with van der Waals surface area (Å²) in [6, 6.07) is 0. The van der Waals surface area contributed by atoms with Crippen LogP contribution in [0.1, 0.15) is 13.8 Å². The van der Waals surface area contributed by atoms with Gasteiger partial charge in [0.15, 0.2) is 5.78 Å². The second kappa shape index (κ2) is 7.49. The zero-order valence-electron chi connectivity index (χ0n) is 9.89. The van der Waals surface area contributed by atoms with E-state index in [2.05, 4.69) is 11.6 Å². The Hall–Kier alpha value is -1.78. The molecule has 0 saturated carbocycles. The number of ketones is 1. The lowest BCUT2D eigenvalue weighted by Gasteiger charge is -2.18. The van der Waals surface area contributed by atoms with E-state index in [1.54, 1.807) is 6.92 Å². The van der Waals surface area contributed by atoms with Crippen LogP contribution in [0.2, 0.25) is 0 Å². The highest BCUT2D eigenvalue weighted by molar-refractivity contribution is 6.13. The number of aliphatic imine (C=N–C) groups is 1. The van der Waals surface area contributed by atoms with Gasteiger partial charge < -0.3 is 9.47 Å². The molecular weight excluding hydrogens is 226 g/mol. The number of carbonyl (C=O) groups is 2. The SMILES string of the molecule is C=CC(=O)C(C)(N=C=O)C(=O)OCCOCC. The van der Waals surface area contributed by atoms with E-state index in [0.29, 0.717) is 6.61 Å². The van der Waals surface area contributed by atoms with Gasteiger partial charge in [-0.05, 0) is 19.9 Å². The summed E-state index contributed by atoms with van der Waals surface area (Å²) in [5, 5.41) is 0. The van der Waals surface area contributed by atoms with Crippen molar-refractivity contribution in [2.75, 3.05) is 19.8 Å². The molecule has 0 rings (SSSR count). The lowest BCUT2D eigenvalue weighted by molar-refractivity contribution is -0.153. The molecule has 0 aliphatic heterocycles. The van der Waals surface area contributed by atoms with Crippen LogP contribution in [-0.4, -0.2) is 43.2 Å². The lowest BCUT2D eigenvalue weighted by atomic mass is 9.97. The quantitative estimate of drug-likeness (QED) is 0.153. The molecule has 0 aromatic carbocycles. The van der Waals surface area contributed by atoms with Crippen LogP contribution < -0.4 is 0 Å². The van der Waals surface area contributed by atoms with Gasteiger partial charge in [-0.2, -0.15) is 4.99 Å². The summed E-state index contributed by atoms with van der Waals surface area (Å²) in [6.45, 7) is 6.89. The summed E-state index contributed by atoms with van der Waals surface area (Å²) < 4.78 is 9.73. The molecule has 0 N–H and O–H groups in total. The molecule has 0 heterocycles. The number of hydrogen-bond acceptors (Lipinski definition) is 6. The molecule has 6 nitrogen and oxygen atoms in total. The summed E-state index contributed by atoms with van der Waals surface area (Å²) in [5.74, 6) is -1.65. The third-order valence-electron chi connectivity index (χ3n) is 2.00. The van der Waals surface area contributed by atoms with Crippen molar-refractivity contribution < 1.29 is 23.9 Å². The number of esters is 1. The molecule has 0 aliphatic carbocycles. The fourth-order valence-corrected chi connectivity index (χ4v) is 0.970. The van der Waals surface area contributed by atoms with Crippen molar-refractivity contribution in [3.63, 3.8) is 0 Å². The minimum Gasteiger partial charge on any atom is -0.461 e. The van der Waals surface area contributed by atoms with E-state index in [1.165, 1.54) is 13.0 Å². The van der Waals surface area contributed by atoms with E-state index in [9.17, 15) is 14.4 Å². The van der Waals surface area contributed by atoms with Crippen molar-refractivity contribution in [2.45, 2.75) is 19.4 Å². The molecule has 0 aromatic rings. The number of isocyanates is 1. The van der Waals surface area contributed by atoms with E-state index in [0.717, 1.165) is 6.08 Å². The highest BCUT2D eigenvalue weighted by Crippen LogP contribution is 2.14. The Morgan fingerprint density at radius 3 is 2.59 bits per heavy atom. The van der Waals surface area contributed by atoms with Crippen LogP contribution in [0.5, 0.6) is 0 Å². The van der Waals surface area contributed by atoms with Crippen LogP contribution in [0.15, 0.2) is 17.6 Å². The van der Waals surface area contributed by atoms with Crippen molar-refractivity contribution in [3.8, 4) is 0 Å². The summed E-state index contributed by atoms with van der Waals surface area (Å²) in [6.07, 6.45) is 2.09. The van der Waals surface area contributed by atoms with Crippen LogP contribution >= 0.6 is 0 Å². The normalized spacial score (nSPS) is 13.1. The minimum absolute atomic E-state index is 0.0128. The van der Waals surface area contributed by atoms with Crippen LogP contribution in [0.4, 0.5) is 0 Å². The van der Waals surface area contributed by atoms with Crippen LogP contribution in [-0.2, 0) is 23.9 Å². The average Bonchev–Trinajstić information content (AvgIpc) is 2.33. The van der Waals surface area contributed by atoms with Crippen LogP contribution in [0.3, 0.4) is 0 Å². The zero-order valence-corrected chi connectivity index (χ0v) is 9.89. The lowest BCUT2D eigenvalue weighted by Crippen LogP contribution is -2.42. The smallest absolute Gasteiger partial charge is 0.342 e. The monoisotopic (exact) mass is 241 g/mol. The molecule has 0 spiro atoms. The molecule has 0 bridgehead atoms. The highest BCUT2D eigenvalue weighted by atomic mass is 16.6. The predicted molar refractivity (Wildman–Crippen MR) is 59.2 cm³/mol. The number of nitrogens with zero attached hydrogens (tertiary/aromatic N) is 1. The van der Waals surface area contributed by atoms with Gasteiger partial charge in [-0.3, -0.25) is 4.79 Å². The summed E-state index contributed by atoms with van der Waals surface area (Å²) >= 11 is 0. The van der Waals surface area contributed by atoms with Crippen molar-refractivity contribution in [3.05, 3.63) is 12.7 Å². The third-order valence-corrected chi connectivity index (χ3v) is 2.00. The maximum absolute atomic E-state index is 11.6. The van der Waals surface area contributed by atoms with Gasteiger partial charge in [0.05, 0.1) is 6.61 Å². The Morgan fingerprint density at radius 1 is 1.47 bits per heavy atom. The molecule has 0 fully saturated rings. The van der Waals surface area contributed by atoms with Crippen LogP contribution in [0, 0.1) is 0 Å². The number of carbonyl (C=O) groups excluding carboxylic acids is 3. The van der Waals surface area contributed by atoms with E-state index in [1.807, 2.05) is 0 Å². The van der Waals surface area contributed by atoms with Gasteiger partial charge in [-0.25, -0.2) is 9.59 Å². The van der Waals surface area contributed by atoms with Gasteiger partial charge >= 0.3 is 5.97 Å². The molecule has 17 heavy (non-hydrogen) atoms. The molecule has 0 saturated heterocycles. The highest BCUT2D eigenvalue weighted by Gasteiger charge is 2.41. The van der Waals surface area contributed by atoms with Gasteiger partial charge in [0, 0.05) is 6.61 Å². The molecule has 1 atom stereocenters. The standard InChI is InChI=1S/C11H15NO5/c1-4-9(14)11(3,12-8-13)10(15)17-7-6-16-5-2/h4H,1,5-7H2,2-3H3. The first-order chi connectivity index (χ1) is 8.02. The predicted octanol–water partition coefficient (Wildman–Crippen LogP) is 0.416. The third kappa shape index (κ3) is 4.30. The van der Waals surface area contributed by atoms with Gasteiger partial charge in [0.2, 0.25) is 11.6 Å². The second-order valence-corrected chi connectivity index (χ2v) is 3.18. The minimum atomic E-state index is -1.91. The molecule has 0 aliphatic rings. The maximum atomic E-state index is 11.6. The Bertz CT molecular complexity index is 346. The number of hydrogen-bond donors (Lipinski definition) is 0. The molecule has 0 radical (unpaired) electrons. The second-order valence-electron chi connectivity index (χ2n) is 3.18. The Balaban J connectivity index is 4.61. The van der Waals surface area contributed by atoms with Crippen molar-refractivity contribution in [2.24, 2.45) is 4.99 Å². The molecule has 6 heteroatoms. The topological polar surface area (TPSA) is 82.0 Å². The Morgan fingerprint density at radius 2 is 2.12 bits per heavy atom. The molecule has 0 aromatic heterocycles. The van der Waals surface area contributed by atoms with Crippen LogP contribution in [0.25, 0.3) is 0 Å². The first-order valence-corrected chi connectivity index (χ1v) is 5.03. The molecular formula is C11H15NO5. The molecule has 1 unspecified atom stereocenters. The fourth-order valence-electron chi connectivity index (χ4n) is 0.970. The van der Waals surface area contributed by atoms with Crippen molar-refractivity contribution >= 4 is 17.8 Å². The van der Waals surface area contributed by atoms with Gasteiger partial charge in [-0.1, -0.05) is 6.58 Å². The summed E-state index contributed by atoms with van der Waals surface area (Å²) in [7, 11) is 0. The fraction of sp³-hybridized carbons (Fsp3) is 0.545. The van der Waals surface area contributed by atoms with Gasteiger partial charge in [0.25, 0.3) is 0 Å². The first kappa shape index (κ1) is 15.2. The van der Waals surface area contributed by atoms with E-state index < -0.39 is 17.3 Å². The zero-order chi connectivity index (χ0) is 13.3. The van der Waals surface area contributed by atoms with Crippen molar-refractivity contribution in [1.29, 1.82) is 0 Å². The van der Waals surface area contributed by atoms with E-state index in [-0.39, 0.29) is 13.2 Å². The summed E-state index contributed by atoms with van der Waals surface area (Å²) in [4.78, 5) is 36.4. The summed E-state index contributed by atoms with van der Waals surface area (Å²) in [5.41, 5.74) is -1.91.